The molecule has 0 unspecified atom stereocenters. The smallest absolute Gasteiger partial charge is 0.0505 e. The van der Waals surface area contributed by atoms with Crippen LogP contribution in [0.1, 0.15) is 32.6 Å². The summed E-state index contributed by atoms with van der Waals surface area (Å²) in [5.41, 5.74) is 5.65. The molecule has 0 spiro atoms. The molecule has 90 valence electrons. The molecule has 2 heterocycles. The van der Waals surface area contributed by atoms with Crippen molar-refractivity contribution >= 4 is 0 Å². The second-order valence-corrected chi connectivity index (χ2v) is 4.43. The van der Waals surface area contributed by atoms with Crippen molar-refractivity contribution in [3.8, 4) is 0 Å². The first kappa shape index (κ1) is 11.5. The lowest BCUT2D eigenvalue weighted by Crippen LogP contribution is -2.50. The van der Waals surface area contributed by atoms with E-state index in [2.05, 4.69) is 28.6 Å². The van der Waals surface area contributed by atoms with E-state index in [1.54, 1.807) is 0 Å². The number of hydrazine groups is 2. The van der Waals surface area contributed by atoms with E-state index in [1.807, 2.05) is 6.20 Å². The molecular weight excluding hydrogens is 202 g/mol. The molecule has 4 nitrogen and oxygen atoms in total. The topological polar surface area (TPSA) is 38.7 Å². The fourth-order valence-electron chi connectivity index (χ4n) is 2.27. The molecule has 1 fully saturated rings. The van der Waals surface area contributed by atoms with Crippen molar-refractivity contribution < 1.29 is 5.11 Å². The summed E-state index contributed by atoms with van der Waals surface area (Å²) >= 11 is 0. The van der Waals surface area contributed by atoms with Crippen LogP contribution in [0.4, 0.5) is 0 Å². The Labute approximate surface area is 97.2 Å². The summed E-state index contributed by atoms with van der Waals surface area (Å²) in [5.74, 6) is 0. The van der Waals surface area contributed by atoms with Crippen molar-refractivity contribution in [1.82, 2.24) is 15.6 Å². The molecule has 0 aliphatic carbocycles. The fraction of sp³-hybridized carbons (Fsp3) is 0.667. The summed E-state index contributed by atoms with van der Waals surface area (Å²) in [7, 11) is 0. The van der Waals surface area contributed by atoms with Gasteiger partial charge in [-0.05, 0) is 37.8 Å². The van der Waals surface area contributed by atoms with Crippen LogP contribution in [0, 0.1) is 0 Å². The predicted molar refractivity (Wildman–Crippen MR) is 63.9 cm³/mol. The minimum atomic E-state index is 0.209. The van der Waals surface area contributed by atoms with Gasteiger partial charge in [0.1, 0.15) is 0 Å². The summed E-state index contributed by atoms with van der Waals surface area (Å²) in [5, 5.41) is 13.4. The standard InChI is InChI=1S/C12H21N3O/c1-11-9-12(5-8-16)10-13-15(11)14-6-3-2-4-7-14/h9-10,13,16H,2-8H2,1H3. The number of hydrogen-bond acceptors (Lipinski definition) is 4. The molecule has 0 bridgehead atoms. The SMILES string of the molecule is CC1=CC(CCO)=CNN1N1CCCCC1. The highest BCUT2D eigenvalue weighted by molar-refractivity contribution is 5.24. The summed E-state index contributed by atoms with van der Waals surface area (Å²) in [6.07, 6.45) is 8.74. The lowest BCUT2D eigenvalue weighted by Gasteiger charge is -2.40. The average molecular weight is 223 g/mol. The number of rotatable bonds is 3. The Bertz CT molecular complexity index is 293. The van der Waals surface area contributed by atoms with E-state index in [-0.39, 0.29) is 6.61 Å². The van der Waals surface area contributed by atoms with Crippen molar-refractivity contribution in [2.75, 3.05) is 19.7 Å². The average Bonchev–Trinajstić information content (AvgIpc) is 2.31. The lowest BCUT2D eigenvalue weighted by atomic mass is 10.1. The van der Waals surface area contributed by atoms with Gasteiger partial charge in [-0.2, -0.15) is 0 Å². The van der Waals surface area contributed by atoms with E-state index in [0.29, 0.717) is 0 Å². The van der Waals surface area contributed by atoms with Gasteiger partial charge in [0.2, 0.25) is 0 Å². The van der Waals surface area contributed by atoms with Gasteiger partial charge in [-0.25, -0.2) is 10.1 Å². The first-order valence-electron chi connectivity index (χ1n) is 6.10. The highest BCUT2D eigenvalue weighted by Gasteiger charge is 2.19. The van der Waals surface area contributed by atoms with Crippen LogP contribution in [0.25, 0.3) is 0 Å². The van der Waals surface area contributed by atoms with Crippen molar-refractivity contribution in [2.45, 2.75) is 32.6 Å². The van der Waals surface area contributed by atoms with Crippen LogP contribution in [0.2, 0.25) is 0 Å². The van der Waals surface area contributed by atoms with Gasteiger partial charge in [0.05, 0.1) is 5.70 Å². The predicted octanol–water partition coefficient (Wildman–Crippen LogP) is 1.38. The number of aliphatic hydroxyl groups is 1. The number of piperidine rings is 1. The zero-order valence-electron chi connectivity index (χ0n) is 9.95. The maximum atomic E-state index is 8.90. The molecule has 2 rings (SSSR count). The van der Waals surface area contributed by atoms with Crippen LogP contribution in [-0.2, 0) is 0 Å². The molecule has 0 aromatic heterocycles. The van der Waals surface area contributed by atoms with Crippen LogP contribution in [0.15, 0.2) is 23.5 Å². The van der Waals surface area contributed by atoms with Gasteiger partial charge in [0, 0.05) is 25.9 Å². The number of hydrogen-bond donors (Lipinski definition) is 2. The Kier molecular flexibility index (Phi) is 3.85. The molecule has 0 amide bonds. The molecule has 2 aliphatic heterocycles. The number of aliphatic hydroxyl groups excluding tert-OH is 1. The highest BCUT2D eigenvalue weighted by Crippen LogP contribution is 2.19. The summed E-state index contributed by atoms with van der Waals surface area (Å²) < 4.78 is 0. The van der Waals surface area contributed by atoms with Crippen LogP contribution >= 0.6 is 0 Å². The number of nitrogens with zero attached hydrogens (tertiary/aromatic N) is 2. The van der Waals surface area contributed by atoms with Crippen molar-refractivity contribution in [2.24, 2.45) is 0 Å². The Morgan fingerprint density at radius 1 is 1.31 bits per heavy atom. The molecule has 4 heteroatoms. The van der Waals surface area contributed by atoms with Crippen LogP contribution in [0.5, 0.6) is 0 Å². The molecule has 0 aromatic carbocycles. The molecule has 16 heavy (non-hydrogen) atoms. The number of nitrogens with one attached hydrogen (secondary N) is 1. The minimum Gasteiger partial charge on any atom is -0.396 e. The van der Waals surface area contributed by atoms with Gasteiger partial charge in [-0.3, -0.25) is 5.43 Å². The third-order valence-electron chi connectivity index (χ3n) is 3.12. The number of allylic oxidation sites excluding steroid dienone is 2. The van der Waals surface area contributed by atoms with Gasteiger partial charge in [0.25, 0.3) is 0 Å². The Morgan fingerprint density at radius 3 is 2.69 bits per heavy atom. The highest BCUT2D eigenvalue weighted by atomic mass is 16.3. The molecule has 2 N–H and O–H groups in total. The summed E-state index contributed by atoms with van der Waals surface area (Å²) in [6, 6.07) is 0. The largest absolute Gasteiger partial charge is 0.396 e. The molecule has 0 atom stereocenters. The van der Waals surface area contributed by atoms with E-state index in [1.165, 1.54) is 25.0 Å². The van der Waals surface area contributed by atoms with E-state index in [4.69, 9.17) is 5.11 Å². The summed E-state index contributed by atoms with van der Waals surface area (Å²) in [6.45, 7) is 4.57. The molecular formula is C12H21N3O. The molecule has 0 saturated carbocycles. The van der Waals surface area contributed by atoms with Gasteiger partial charge in [-0.1, -0.05) is 6.42 Å². The molecule has 0 aromatic rings. The van der Waals surface area contributed by atoms with Gasteiger partial charge in [-0.15, -0.1) is 0 Å². The minimum absolute atomic E-state index is 0.209. The van der Waals surface area contributed by atoms with E-state index in [0.717, 1.165) is 25.1 Å². The maximum Gasteiger partial charge on any atom is 0.0505 e. The maximum absolute atomic E-state index is 8.90. The molecule has 1 saturated heterocycles. The molecule has 0 radical (unpaired) electrons. The zero-order valence-corrected chi connectivity index (χ0v) is 9.95. The van der Waals surface area contributed by atoms with Crippen molar-refractivity contribution in [3.05, 3.63) is 23.5 Å². The zero-order chi connectivity index (χ0) is 11.4. The van der Waals surface area contributed by atoms with Gasteiger partial charge in [0.15, 0.2) is 0 Å². The third kappa shape index (κ3) is 2.57. The second-order valence-electron chi connectivity index (χ2n) is 4.43. The third-order valence-corrected chi connectivity index (χ3v) is 3.12. The summed E-state index contributed by atoms with van der Waals surface area (Å²) in [4.78, 5) is 0. The Balaban J connectivity index is 1.96. The monoisotopic (exact) mass is 223 g/mol. The van der Waals surface area contributed by atoms with Crippen molar-refractivity contribution in [1.29, 1.82) is 0 Å². The first-order chi connectivity index (χ1) is 7.81. The molecule has 2 aliphatic rings. The van der Waals surface area contributed by atoms with Gasteiger partial charge >= 0.3 is 0 Å². The first-order valence-corrected chi connectivity index (χ1v) is 6.10. The Morgan fingerprint density at radius 2 is 2.06 bits per heavy atom. The van der Waals surface area contributed by atoms with E-state index in [9.17, 15) is 0 Å². The van der Waals surface area contributed by atoms with Gasteiger partial charge < -0.3 is 5.11 Å². The van der Waals surface area contributed by atoms with Crippen LogP contribution in [-0.4, -0.2) is 34.9 Å². The lowest BCUT2D eigenvalue weighted by molar-refractivity contribution is -0.0394. The van der Waals surface area contributed by atoms with Crippen molar-refractivity contribution in [3.63, 3.8) is 0 Å². The quantitative estimate of drug-likeness (QED) is 0.758. The normalized spacial score (nSPS) is 22.5. The Hall–Kier alpha value is -1.00. The second kappa shape index (κ2) is 5.37. The van der Waals surface area contributed by atoms with Crippen LogP contribution < -0.4 is 5.43 Å². The fourth-order valence-corrected chi connectivity index (χ4v) is 2.27. The van der Waals surface area contributed by atoms with E-state index < -0.39 is 0 Å². The van der Waals surface area contributed by atoms with Crippen LogP contribution in [0.3, 0.4) is 0 Å². The van der Waals surface area contributed by atoms with E-state index >= 15 is 0 Å².